The average molecular weight is 384 g/mol. The number of hydrogen-bond acceptors (Lipinski definition) is 6. The van der Waals surface area contributed by atoms with E-state index in [0.717, 1.165) is 16.9 Å². The molecule has 4 rings (SSSR count). The van der Waals surface area contributed by atoms with Gasteiger partial charge in [-0.2, -0.15) is 0 Å². The highest BCUT2D eigenvalue weighted by atomic mass is 35.5. The number of benzene rings is 1. The fraction of sp³-hybridized carbons (Fsp3) is 0.211. The summed E-state index contributed by atoms with van der Waals surface area (Å²) in [6.07, 6.45) is 3.63. The molecular weight excluding hydrogens is 366 g/mol. The van der Waals surface area contributed by atoms with Crippen molar-refractivity contribution in [1.29, 1.82) is 0 Å². The van der Waals surface area contributed by atoms with Crippen molar-refractivity contribution < 1.29 is 9.57 Å². The number of nitrogens with one attached hydrogen (secondary N) is 1. The van der Waals surface area contributed by atoms with Gasteiger partial charge in [-0.05, 0) is 30.7 Å². The Labute approximate surface area is 161 Å². The number of pyridine rings is 1. The zero-order chi connectivity index (χ0) is 18.8. The molecule has 8 heteroatoms. The average Bonchev–Trinajstić information content (AvgIpc) is 3.14. The van der Waals surface area contributed by atoms with Crippen molar-refractivity contribution >= 4 is 17.4 Å². The van der Waals surface area contributed by atoms with E-state index in [-0.39, 0.29) is 6.04 Å². The number of hydrogen-bond donors (Lipinski definition) is 1. The second-order valence-electron chi connectivity index (χ2n) is 6.10. The Morgan fingerprint density at radius 3 is 2.85 bits per heavy atom. The molecule has 0 amide bonds. The van der Waals surface area contributed by atoms with Gasteiger partial charge in [0.1, 0.15) is 18.0 Å². The first kappa shape index (κ1) is 17.4. The van der Waals surface area contributed by atoms with Crippen molar-refractivity contribution in [3.05, 3.63) is 70.9 Å². The fourth-order valence-electron chi connectivity index (χ4n) is 2.92. The monoisotopic (exact) mass is 383 g/mol. The number of aromatic nitrogens is 3. The number of ether oxygens (including phenoxy) is 1. The lowest BCUT2D eigenvalue weighted by atomic mass is 10.1. The lowest BCUT2D eigenvalue weighted by Crippen LogP contribution is -2.36. The summed E-state index contributed by atoms with van der Waals surface area (Å²) < 4.78 is 7.33. The minimum absolute atomic E-state index is 0.116. The second-order valence-corrected chi connectivity index (χ2v) is 6.51. The first-order valence-electron chi connectivity index (χ1n) is 8.43. The van der Waals surface area contributed by atoms with Crippen molar-refractivity contribution in [3.63, 3.8) is 0 Å². The van der Waals surface area contributed by atoms with Crippen LogP contribution in [0.15, 0.2) is 54.1 Å². The summed E-state index contributed by atoms with van der Waals surface area (Å²) in [6.45, 7) is 2.31. The third kappa shape index (κ3) is 3.46. The quantitative estimate of drug-likeness (QED) is 0.748. The molecule has 0 aliphatic carbocycles. The largest absolute Gasteiger partial charge is 0.479 e. The Bertz CT molecular complexity index is 1000. The highest BCUT2D eigenvalue weighted by Crippen LogP contribution is 2.26. The first-order valence-corrected chi connectivity index (χ1v) is 8.81. The van der Waals surface area contributed by atoms with Gasteiger partial charge in [-0.3, -0.25) is 0 Å². The summed E-state index contributed by atoms with van der Waals surface area (Å²) in [7, 11) is 1.58. The molecule has 0 spiro atoms. The summed E-state index contributed by atoms with van der Waals surface area (Å²) >= 11 is 6.31. The van der Waals surface area contributed by atoms with E-state index in [4.69, 9.17) is 21.2 Å². The Morgan fingerprint density at radius 2 is 2.11 bits per heavy atom. The third-order valence-corrected chi connectivity index (χ3v) is 4.60. The summed E-state index contributed by atoms with van der Waals surface area (Å²) in [4.78, 5) is 14.2. The first-order chi connectivity index (χ1) is 13.2. The lowest BCUT2D eigenvalue weighted by molar-refractivity contribution is 0.109. The van der Waals surface area contributed by atoms with Crippen LogP contribution in [0.2, 0.25) is 5.02 Å². The third-order valence-electron chi connectivity index (χ3n) is 4.25. The number of methoxy groups -OCH3 is 1. The van der Waals surface area contributed by atoms with Crippen molar-refractivity contribution in [2.24, 2.45) is 5.16 Å². The van der Waals surface area contributed by atoms with Crippen LogP contribution < -0.4 is 10.1 Å². The minimum Gasteiger partial charge on any atom is -0.479 e. The van der Waals surface area contributed by atoms with E-state index in [1.165, 1.54) is 0 Å². The van der Waals surface area contributed by atoms with E-state index < -0.39 is 0 Å². The number of oxime groups is 1. The lowest BCUT2D eigenvalue weighted by Gasteiger charge is -2.25. The SMILES string of the molecule is COc1nc(C2=NOCC(c3ccccc3Cl)N2)ccc1-n1cnc(C)c1. The maximum absolute atomic E-state index is 6.31. The predicted molar refractivity (Wildman–Crippen MR) is 102 cm³/mol. The van der Waals surface area contributed by atoms with E-state index in [2.05, 4.69) is 20.4 Å². The zero-order valence-corrected chi connectivity index (χ0v) is 15.6. The number of aryl methyl sites for hydroxylation is 1. The van der Waals surface area contributed by atoms with Gasteiger partial charge < -0.3 is 19.5 Å². The van der Waals surface area contributed by atoms with Crippen LogP contribution >= 0.6 is 11.6 Å². The number of amidine groups is 1. The van der Waals surface area contributed by atoms with Crippen LogP contribution in [0.3, 0.4) is 0 Å². The number of imidazole rings is 1. The van der Waals surface area contributed by atoms with E-state index in [1.807, 2.05) is 54.1 Å². The Hall–Kier alpha value is -3.06. The molecule has 0 bridgehead atoms. The van der Waals surface area contributed by atoms with E-state index in [1.54, 1.807) is 13.4 Å². The van der Waals surface area contributed by atoms with E-state index >= 15 is 0 Å². The molecular formula is C19H18ClN5O2. The highest BCUT2D eigenvalue weighted by molar-refractivity contribution is 6.31. The predicted octanol–water partition coefficient (Wildman–Crippen LogP) is 3.26. The van der Waals surface area contributed by atoms with Crippen LogP contribution in [0.4, 0.5) is 0 Å². The highest BCUT2D eigenvalue weighted by Gasteiger charge is 2.23. The smallest absolute Gasteiger partial charge is 0.238 e. The minimum atomic E-state index is -0.116. The molecule has 0 saturated heterocycles. The van der Waals surface area contributed by atoms with Crippen molar-refractivity contribution in [2.75, 3.05) is 13.7 Å². The van der Waals surface area contributed by atoms with Crippen LogP contribution in [0, 0.1) is 6.92 Å². The molecule has 1 unspecified atom stereocenters. The maximum atomic E-state index is 6.31. The van der Waals surface area contributed by atoms with Crippen LogP contribution in [-0.2, 0) is 4.84 Å². The van der Waals surface area contributed by atoms with Crippen molar-refractivity contribution in [1.82, 2.24) is 19.9 Å². The standard InChI is InChI=1S/C19H18ClN5O2/c1-12-9-25(11-21-12)17-8-7-15(23-19(17)26-2)18-22-16(10-27-24-18)13-5-3-4-6-14(13)20/h3-9,11,16H,10H2,1-2H3,(H,22,24). The van der Waals surface area contributed by atoms with Gasteiger partial charge in [0.05, 0.1) is 25.2 Å². The molecule has 1 N–H and O–H groups in total. The van der Waals surface area contributed by atoms with Crippen LogP contribution in [-0.4, -0.2) is 34.1 Å². The number of halogens is 1. The maximum Gasteiger partial charge on any atom is 0.238 e. The second kappa shape index (κ2) is 7.28. The van der Waals surface area contributed by atoms with E-state index in [9.17, 15) is 0 Å². The molecule has 3 aromatic rings. The van der Waals surface area contributed by atoms with Gasteiger partial charge in [-0.15, -0.1) is 0 Å². The molecule has 0 fully saturated rings. The number of nitrogens with zero attached hydrogens (tertiary/aromatic N) is 4. The zero-order valence-electron chi connectivity index (χ0n) is 14.9. The topological polar surface area (TPSA) is 73.6 Å². The molecule has 1 aliphatic heterocycles. The van der Waals surface area contributed by atoms with Gasteiger partial charge >= 0.3 is 0 Å². The van der Waals surface area contributed by atoms with Gasteiger partial charge in [0.25, 0.3) is 0 Å². The normalized spacial score (nSPS) is 16.3. The Morgan fingerprint density at radius 1 is 1.26 bits per heavy atom. The Kier molecular flexibility index (Phi) is 4.68. The molecule has 1 aliphatic rings. The van der Waals surface area contributed by atoms with Gasteiger partial charge in [-0.25, -0.2) is 9.97 Å². The molecule has 1 aromatic carbocycles. The summed E-state index contributed by atoms with van der Waals surface area (Å²) in [6, 6.07) is 11.3. The van der Waals surface area contributed by atoms with Gasteiger partial charge in [0.15, 0.2) is 5.84 Å². The molecule has 138 valence electrons. The molecule has 0 saturated carbocycles. The fourth-order valence-corrected chi connectivity index (χ4v) is 3.19. The van der Waals surface area contributed by atoms with Gasteiger partial charge in [0, 0.05) is 11.2 Å². The van der Waals surface area contributed by atoms with Crippen LogP contribution in [0.25, 0.3) is 5.69 Å². The summed E-state index contributed by atoms with van der Waals surface area (Å²) in [5.74, 6) is 0.993. The summed E-state index contributed by atoms with van der Waals surface area (Å²) in [5, 5.41) is 8.13. The summed E-state index contributed by atoms with van der Waals surface area (Å²) in [5.41, 5.74) is 3.27. The van der Waals surface area contributed by atoms with Crippen LogP contribution in [0.1, 0.15) is 23.0 Å². The number of rotatable bonds is 4. The molecule has 7 nitrogen and oxygen atoms in total. The Balaban J connectivity index is 1.63. The van der Waals surface area contributed by atoms with E-state index in [0.29, 0.717) is 29.0 Å². The van der Waals surface area contributed by atoms with Gasteiger partial charge in [0.2, 0.25) is 5.88 Å². The van der Waals surface area contributed by atoms with Crippen LogP contribution in [0.5, 0.6) is 5.88 Å². The van der Waals surface area contributed by atoms with Crippen molar-refractivity contribution in [3.8, 4) is 11.6 Å². The molecule has 2 aromatic heterocycles. The molecule has 1 atom stereocenters. The van der Waals surface area contributed by atoms with Crippen molar-refractivity contribution in [2.45, 2.75) is 13.0 Å². The molecule has 0 radical (unpaired) electrons. The van der Waals surface area contributed by atoms with Gasteiger partial charge in [-0.1, -0.05) is 35.0 Å². The molecule has 3 heterocycles. The molecule has 27 heavy (non-hydrogen) atoms.